The minimum absolute atomic E-state index is 0. The molecule has 1 aliphatic carbocycles. The van der Waals surface area contributed by atoms with E-state index in [9.17, 15) is 9.59 Å². The van der Waals surface area contributed by atoms with Crippen molar-refractivity contribution in [1.82, 2.24) is 10.2 Å². The van der Waals surface area contributed by atoms with Gasteiger partial charge in [-0.15, -0.1) is 12.4 Å². The number of hydrogen-bond acceptors (Lipinski definition) is 5. The molecule has 0 atom stereocenters. The second-order valence-corrected chi connectivity index (χ2v) is 7.85. The van der Waals surface area contributed by atoms with Crippen LogP contribution in [0.2, 0.25) is 0 Å². The van der Waals surface area contributed by atoms with E-state index in [2.05, 4.69) is 5.32 Å². The van der Waals surface area contributed by atoms with Crippen LogP contribution >= 0.6 is 12.4 Å². The first-order valence-corrected chi connectivity index (χ1v) is 10.0. The lowest BCUT2D eigenvalue weighted by Crippen LogP contribution is -2.54. The molecule has 3 N–H and O–H groups in total. The Morgan fingerprint density at radius 1 is 1.10 bits per heavy atom. The molecule has 1 aromatic rings. The molecule has 0 spiro atoms. The van der Waals surface area contributed by atoms with Crippen LogP contribution in [0.4, 0.5) is 0 Å². The summed E-state index contributed by atoms with van der Waals surface area (Å²) >= 11 is 0. The van der Waals surface area contributed by atoms with E-state index in [1.807, 2.05) is 0 Å². The minimum atomic E-state index is -0.221. The first-order chi connectivity index (χ1) is 13.5. The van der Waals surface area contributed by atoms with Crippen LogP contribution in [-0.4, -0.2) is 56.1 Å². The zero-order valence-electron chi connectivity index (χ0n) is 17.2. The highest BCUT2D eigenvalue weighted by molar-refractivity contribution is 5.95. The van der Waals surface area contributed by atoms with Crippen molar-refractivity contribution < 1.29 is 19.1 Å². The van der Waals surface area contributed by atoms with Crippen LogP contribution < -0.4 is 20.5 Å². The third kappa shape index (κ3) is 5.34. The first-order valence-electron chi connectivity index (χ1n) is 10.0. The average Bonchev–Trinajstić information content (AvgIpc) is 3.21. The largest absolute Gasteiger partial charge is 0.497 e. The Balaban J connectivity index is 0.00000300. The Morgan fingerprint density at radius 2 is 1.66 bits per heavy atom. The maximum atomic E-state index is 12.9. The van der Waals surface area contributed by atoms with E-state index in [0.717, 1.165) is 25.7 Å². The summed E-state index contributed by atoms with van der Waals surface area (Å²) in [5.41, 5.74) is 6.25. The predicted molar refractivity (Wildman–Crippen MR) is 114 cm³/mol. The maximum absolute atomic E-state index is 12.9. The highest BCUT2D eigenvalue weighted by atomic mass is 35.5. The molecule has 7 nitrogen and oxygen atoms in total. The molecular weight excluding hydrogens is 394 g/mol. The molecule has 29 heavy (non-hydrogen) atoms. The zero-order valence-corrected chi connectivity index (χ0v) is 18.1. The second kappa shape index (κ2) is 10.2. The number of ether oxygens (including phenoxy) is 2. The van der Waals surface area contributed by atoms with E-state index in [4.69, 9.17) is 15.2 Å². The first kappa shape index (κ1) is 23.3. The Labute approximate surface area is 178 Å². The number of likely N-dealkylation sites (tertiary alicyclic amines) is 1. The van der Waals surface area contributed by atoms with E-state index in [-0.39, 0.29) is 35.7 Å². The molecule has 1 saturated carbocycles. The highest BCUT2D eigenvalue weighted by Crippen LogP contribution is 2.30. The number of amides is 2. The number of halogens is 1. The van der Waals surface area contributed by atoms with E-state index < -0.39 is 0 Å². The Hall–Kier alpha value is -1.99. The Morgan fingerprint density at radius 3 is 2.14 bits per heavy atom. The van der Waals surface area contributed by atoms with Crippen molar-refractivity contribution >= 4 is 24.2 Å². The smallest absolute Gasteiger partial charge is 0.254 e. The number of benzene rings is 1. The van der Waals surface area contributed by atoms with Gasteiger partial charge in [0, 0.05) is 37.2 Å². The molecule has 1 saturated heterocycles. The number of piperidine rings is 1. The lowest BCUT2D eigenvalue weighted by molar-refractivity contribution is -0.128. The number of hydrogen-bond donors (Lipinski definition) is 2. The van der Waals surface area contributed by atoms with Gasteiger partial charge < -0.3 is 25.4 Å². The SMILES string of the molecule is COc1cc(OC)cc(C(=O)N2CCC(C(=O)NC3(CN)CCCC3)CC2)c1.Cl. The van der Waals surface area contributed by atoms with Gasteiger partial charge in [-0.25, -0.2) is 0 Å². The Kier molecular flexibility index (Phi) is 8.16. The molecular formula is C21H32ClN3O4. The second-order valence-electron chi connectivity index (χ2n) is 7.85. The fourth-order valence-electron chi connectivity index (χ4n) is 4.25. The van der Waals surface area contributed by atoms with Gasteiger partial charge in [0.25, 0.3) is 5.91 Å². The number of nitrogens with two attached hydrogens (primary N) is 1. The number of nitrogens with zero attached hydrogens (tertiary/aromatic N) is 1. The number of carbonyl (C=O) groups excluding carboxylic acids is 2. The molecule has 2 amide bonds. The summed E-state index contributed by atoms with van der Waals surface area (Å²) in [6.07, 6.45) is 5.50. The average molecular weight is 426 g/mol. The fourth-order valence-corrected chi connectivity index (χ4v) is 4.25. The molecule has 0 bridgehead atoms. The standard InChI is InChI=1S/C21H31N3O4.ClH/c1-27-17-11-16(12-18(13-17)28-2)20(26)24-9-5-15(6-10-24)19(25)23-21(14-22)7-3-4-8-21;/h11-13,15H,3-10,14,22H2,1-2H3,(H,23,25);1H. The summed E-state index contributed by atoms with van der Waals surface area (Å²) in [4.78, 5) is 27.4. The van der Waals surface area contributed by atoms with Gasteiger partial charge in [0.05, 0.1) is 19.8 Å². The van der Waals surface area contributed by atoms with Gasteiger partial charge >= 0.3 is 0 Å². The molecule has 2 aliphatic rings. The van der Waals surface area contributed by atoms with Gasteiger partial charge in [-0.1, -0.05) is 12.8 Å². The minimum Gasteiger partial charge on any atom is -0.497 e. The van der Waals surface area contributed by atoms with Crippen LogP contribution in [0.1, 0.15) is 48.9 Å². The summed E-state index contributed by atoms with van der Waals surface area (Å²) in [6, 6.07) is 5.17. The van der Waals surface area contributed by atoms with Crippen molar-refractivity contribution in [3.8, 4) is 11.5 Å². The lowest BCUT2D eigenvalue weighted by atomic mass is 9.92. The maximum Gasteiger partial charge on any atom is 0.254 e. The van der Waals surface area contributed by atoms with Crippen LogP contribution in [-0.2, 0) is 4.79 Å². The number of nitrogens with one attached hydrogen (secondary N) is 1. The molecule has 162 valence electrons. The summed E-state index contributed by atoms with van der Waals surface area (Å²) in [5, 5.41) is 3.22. The molecule has 0 unspecified atom stereocenters. The van der Waals surface area contributed by atoms with Crippen LogP contribution in [0.5, 0.6) is 11.5 Å². The quantitative estimate of drug-likeness (QED) is 0.729. The fraction of sp³-hybridized carbons (Fsp3) is 0.619. The number of rotatable bonds is 6. The van der Waals surface area contributed by atoms with Crippen molar-refractivity contribution in [1.29, 1.82) is 0 Å². The van der Waals surface area contributed by atoms with Crippen LogP contribution in [0.25, 0.3) is 0 Å². The van der Waals surface area contributed by atoms with Crippen LogP contribution in [0, 0.1) is 5.92 Å². The summed E-state index contributed by atoms with van der Waals surface area (Å²) in [6.45, 7) is 1.62. The lowest BCUT2D eigenvalue weighted by Gasteiger charge is -2.35. The van der Waals surface area contributed by atoms with Crippen LogP contribution in [0.15, 0.2) is 18.2 Å². The summed E-state index contributed by atoms with van der Waals surface area (Å²) < 4.78 is 10.5. The van der Waals surface area contributed by atoms with Crippen molar-refractivity contribution in [3.05, 3.63) is 23.8 Å². The molecule has 1 aliphatic heterocycles. The van der Waals surface area contributed by atoms with Gasteiger partial charge in [-0.3, -0.25) is 9.59 Å². The van der Waals surface area contributed by atoms with Gasteiger partial charge in [-0.05, 0) is 37.8 Å². The van der Waals surface area contributed by atoms with E-state index >= 15 is 0 Å². The van der Waals surface area contributed by atoms with Crippen molar-refractivity contribution in [2.24, 2.45) is 11.7 Å². The molecule has 2 fully saturated rings. The van der Waals surface area contributed by atoms with Crippen molar-refractivity contribution in [2.75, 3.05) is 33.9 Å². The Bertz CT molecular complexity index is 692. The van der Waals surface area contributed by atoms with Gasteiger partial charge in [0.2, 0.25) is 5.91 Å². The van der Waals surface area contributed by atoms with Gasteiger partial charge in [0.15, 0.2) is 0 Å². The monoisotopic (exact) mass is 425 g/mol. The van der Waals surface area contributed by atoms with Crippen molar-refractivity contribution in [3.63, 3.8) is 0 Å². The normalized spacial score (nSPS) is 18.7. The molecule has 1 heterocycles. The zero-order chi connectivity index (χ0) is 20.1. The van der Waals surface area contributed by atoms with E-state index in [1.54, 1.807) is 37.3 Å². The van der Waals surface area contributed by atoms with E-state index in [0.29, 0.717) is 49.5 Å². The van der Waals surface area contributed by atoms with Crippen LogP contribution in [0.3, 0.4) is 0 Å². The molecule has 0 aromatic heterocycles. The van der Waals surface area contributed by atoms with Crippen molar-refractivity contribution in [2.45, 2.75) is 44.1 Å². The third-order valence-electron chi connectivity index (χ3n) is 6.09. The molecule has 1 aromatic carbocycles. The predicted octanol–water partition coefficient (Wildman–Crippen LogP) is 2.37. The van der Waals surface area contributed by atoms with Gasteiger partial charge in [-0.2, -0.15) is 0 Å². The molecule has 8 heteroatoms. The summed E-state index contributed by atoms with van der Waals surface area (Å²) in [5.74, 6) is 1.13. The van der Waals surface area contributed by atoms with E-state index in [1.165, 1.54) is 0 Å². The highest BCUT2D eigenvalue weighted by Gasteiger charge is 2.36. The topological polar surface area (TPSA) is 93.9 Å². The number of methoxy groups -OCH3 is 2. The van der Waals surface area contributed by atoms with Gasteiger partial charge in [0.1, 0.15) is 11.5 Å². The molecule has 0 radical (unpaired) electrons. The summed E-state index contributed by atoms with van der Waals surface area (Å²) in [7, 11) is 3.12. The third-order valence-corrected chi connectivity index (χ3v) is 6.09. The molecule has 3 rings (SSSR count). The number of carbonyl (C=O) groups is 2.